The van der Waals surface area contributed by atoms with E-state index < -0.39 is 0 Å². The van der Waals surface area contributed by atoms with Crippen molar-refractivity contribution >= 4 is 0 Å². The molecule has 0 aromatic carbocycles. The van der Waals surface area contributed by atoms with Crippen molar-refractivity contribution in [2.24, 2.45) is 0 Å². The third kappa shape index (κ3) is 5.84. The summed E-state index contributed by atoms with van der Waals surface area (Å²) in [4.78, 5) is 4.77. The normalized spacial score (nSPS) is 12.0. The Bertz CT molecular complexity index is 59.5. The van der Waals surface area contributed by atoms with Crippen molar-refractivity contribution in [2.75, 3.05) is 0 Å². The van der Waals surface area contributed by atoms with E-state index in [4.69, 9.17) is 10.0 Å². The Morgan fingerprint density at radius 2 is 1.88 bits per heavy atom. The van der Waals surface area contributed by atoms with Crippen molar-refractivity contribution in [1.29, 1.82) is 0 Å². The summed E-state index contributed by atoms with van der Waals surface area (Å²) in [5.41, 5.74) is 3.46. The summed E-state index contributed by atoms with van der Waals surface area (Å²) in [6.45, 7) is 5.58. The van der Waals surface area contributed by atoms with E-state index in [1.54, 1.807) is 5.59 Å². The zero-order valence-electron chi connectivity index (χ0n) is 5.36. The van der Waals surface area contributed by atoms with Crippen molar-refractivity contribution in [3.05, 3.63) is 0 Å². The van der Waals surface area contributed by atoms with Gasteiger partial charge in [-0.2, -0.15) is 0 Å². The van der Waals surface area contributed by atoms with Crippen LogP contribution in [0.1, 0.15) is 20.8 Å². The van der Waals surface area contributed by atoms with Crippen LogP contribution in [0.5, 0.6) is 0 Å². The van der Waals surface area contributed by atoms with Gasteiger partial charge in [0.15, 0.2) is 0 Å². The van der Waals surface area contributed by atoms with Crippen LogP contribution in [0.2, 0.25) is 0 Å². The Balaban J connectivity index is 3.11. The second-order valence-electron chi connectivity index (χ2n) is 2.43. The molecule has 0 amide bonds. The Morgan fingerprint density at radius 3 is 2.00 bits per heavy atom. The van der Waals surface area contributed by atoms with Crippen LogP contribution >= 0.6 is 0 Å². The van der Waals surface area contributed by atoms with E-state index in [9.17, 15) is 0 Å². The summed E-state index contributed by atoms with van der Waals surface area (Å²) in [5.74, 6) is 0. The van der Waals surface area contributed by atoms with E-state index in [0.29, 0.717) is 0 Å². The molecule has 0 aliphatic carbocycles. The van der Waals surface area contributed by atoms with Crippen LogP contribution in [-0.2, 0) is 4.84 Å². The maximum atomic E-state index is 7.94. The smallest absolute Gasteiger partial charge is 0.0830 e. The van der Waals surface area contributed by atoms with Crippen LogP contribution in [0.15, 0.2) is 0 Å². The summed E-state index contributed by atoms with van der Waals surface area (Å²) in [7, 11) is 0. The summed E-state index contributed by atoms with van der Waals surface area (Å²) < 4.78 is 0. The number of nitrogens with one attached hydrogen (secondary N) is 2. The van der Waals surface area contributed by atoms with Gasteiger partial charge in [-0.25, -0.2) is 0 Å². The highest BCUT2D eigenvalue weighted by molar-refractivity contribution is 4.55. The standard InChI is InChI=1S/C4H12N2O2/c1-4(2,3)8-6-5-7/h5-7H,1-3H3. The molecule has 0 unspecified atom stereocenters. The lowest BCUT2D eigenvalue weighted by Gasteiger charge is -2.17. The lowest BCUT2D eigenvalue weighted by Crippen LogP contribution is -2.36. The Kier molecular flexibility index (Phi) is 2.93. The minimum atomic E-state index is -0.282. The molecular weight excluding hydrogens is 108 g/mol. The predicted molar refractivity (Wildman–Crippen MR) is 28.9 cm³/mol. The Labute approximate surface area is 48.7 Å². The molecule has 4 nitrogen and oxygen atoms in total. The fourth-order valence-electron chi connectivity index (χ4n) is 0.176. The fraction of sp³-hybridized carbons (Fsp3) is 1.00. The van der Waals surface area contributed by atoms with Crippen molar-refractivity contribution in [1.82, 2.24) is 11.2 Å². The average molecular weight is 120 g/mol. The quantitative estimate of drug-likeness (QED) is 0.456. The maximum absolute atomic E-state index is 7.94. The Morgan fingerprint density at radius 1 is 1.38 bits per heavy atom. The van der Waals surface area contributed by atoms with Gasteiger partial charge in [0, 0.05) is 0 Å². The molecule has 0 saturated carbocycles. The molecular formula is C4H12N2O2. The molecule has 0 atom stereocenters. The zero-order chi connectivity index (χ0) is 6.62. The van der Waals surface area contributed by atoms with Crippen molar-refractivity contribution in [3.63, 3.8) is 0 Å². The molecule has 0 rings (SSSR count). The number of rotatable bonds is 2. The Hall–Kier alpha value is -0.160. The second kappa shape index (κ2) is 2.99. The minimum absolute atomic E-state index is 0.282. The summed E-state index contributed by atoms with van der Waals surface area (Å²) in [6, 6.07) is 0. The number of hydrazine groups is 1. The molecule has 4 heteroatoms. The molecule has 0 aliphatic heterocycles. The van der Waals surface area contributed by atoms with Crippen LogP contribution in [0.4, 0.5) is 0 Å². The SMILES string of the molecule is CC(C)(C)ONNO. The predicted octanol–water partition coefficient (Wildman–Crippen LogP) is 0.200. The second-order valence-corrected chi connectivity index (χ2v) is 2.43. The first kappa shape index (κ1) is 7.84. The summed E-state index contributed by atoms with van der Waals surface area (Å²) in [6.07, 6.45) is 0. The first-order valence-corrected chi connectivity index (χ1v) is 2.38. The van der Waals surface area contributed by atoms with Gasteiger partial charge in [-0.05, 0) is 20.8 Å². The van der Waals surface area contributed by atoms with Gasteiger partial charge < -0.3 is 5.21 Å². The van der Waals surface area contributed by atoms with Gasteiger partial charge >= 0.3 is 0 Å². The van der Waals surface area contributed by atoms with Crippen molar-refractivity contribution in [3.8, 4) is 0 Å². The van der Waals surface area contributed by atoms with E-state index in [-0.39, 0.29) is 5.60 Å². The van der Waals surface area contributed by atoms with Gasteiger partial charge in [-0.3, -0.25) is 4.84 Å². The minimum Gasteiger partial charge on any atom is -0.300 e. The lowest BCUT2D eigenvalue weighted by atomic mass is 10.2. The zero-order valence-corrected chi connectivity index (χ0v) is 5.36. The maximum Gasteiger partial charge on any atom is 0.0830 e. The van der Waals surface area contributed by atoms with Crippen LogP contribution in [0.3, 0.4) is 0 Å². The first-order chi connectivity index (χ1) is 3.56. The molecule has 3 N–H and O–H groups in total. The van der Waals surface area contributed by atoms with Crippen molar-refractivity contribution in [2.45, 2.75) is 26.4 Å². The molecule has 8 heavy (non-hydrogen) atoms. The molecule has 0 fully saturated rings. The summed E-state index contributed by atoms with van der Waals surface area (Å²) in [5, 5.41) is 7.94. The van der Waals surface area contributed by atoms with Gasteiger partial charge in [0.1, 0.15) is 0 Å². The topological polar surface area (TPSA) is 53.5 Å². The van der Waals surface area contributed by atoms with Crippen LogP contribution < -0.4 is 11.2 Å². The highest BCUT2D eigenvalue weighted by Crippen LogP contribution is 2.01. The molecule has 50 valence electrons. The van der Waals surface area contributed by atoms with Gasteiger partial charge in [0.25, 0.3) is 0 Å². The van der Waals surface area contributed by atoms with Gasteiger partial charge in [0.05, 0.1) is 5.60 Å². The number of hydrogen-bond donors (Lipinski definition) is 3. The molecule has 0 aromatic rings. The third-order valence-electron chi connectivity index (χ3n) is 0.403. The molecule has 0 saturated heterocycles. The van der Waals surface area contributed by atoms with Gasteiger partial charge in [0.2, 0.25) is 0 Å². The molecule has 0 aliphatic rings. The highest BCUT2D eigenvalue weighted by atomic mass is 16.7. The average Bonchev–Trinajstić information content (AvgIpc) is 1.59. The lowest BCUT2D eigenvalue weighted by molar-refractivity contribution is -0.141. The van der Waals surface area contributed by atoms with E-state index in [1.165, 1.54) is 0 Å². The van der Waals surface area contributed by atoms with E-state index in [2.05, 4.69) is 5.59 Å². The van der Waals surface area contributed by atoms with Gasteiger partial charge in [-0.1, -0.05) is 0 Å². The number of hydrogen-bond acceptors (Lipinski definition) is 4. The molecule has 0 bridgehead atoms. The van der Waals surface area contributed by atoms with Crippen LogP contribution in [-0.4, -0.2) is 10.8 Å². The molecule has 0 spiro atoms. The first-order valence-electron chi connectivity index (χ1n) is 2.38. The van der Waals surface area contributed by atoms with E-state index in [1.807, 2.05) is 20.8 Å². The third-order valence-corrected chi connectivity index (χ3v) is 0.403. The van der Waals surface area contributed by atoms with E-state index in [0.717, 1.165) is 0 Å². The summed E-state index contributed by atoms with van der Waals surface area (Å²) >= 11 is 0. The molecule has 0 heterocycles. The van der Waals surface area contributed by atoms with E-state index >= 15 is 0 Å². The van der Waals surface area contributed by atoms with Gasteiger partial charge in [-0.15, -0.1) is 11.2 Å². The largest absolute Gasteiger partial charge is 0.300 e. The highest BCUT2D eigenvalue weighted by Gasteiger charge is 2.08. The monoisotopic (exact) mass is 120 g/mol. The van der Waals surface area contributed by atoms with Crippen LogP contribution in [0, 0.1) is 0 Å². The van der Waals surface area contributed by atoms with Crippen molar-refractivity contribution < 1.29 is 10.0 Å². The van der Waals surface area contributed by atoms with Crippen LogP contribution in [0.25, 0.3) is 0 Å². The molecule has 0 aromatic heterocycles. The molecule has 0 radical (unpaired) electrons. The fourth-order valence-corrected chi connectivity index (χ4v) is 0.176.